The zero-order chi connectivity index (χ0) is 11.4. The molecule has 0 spiro atoms. The van der Waals surface area contributed by atoms with E-state index in [1.165, 1.54) is 6.07 Å². The van der Waals surface area contributed by atoms with Crippen LogP contribution in [0.3, 0.4) is 0 Å². The van der Waals surface area contributed by atoms with Gasteiger partial charge in [-0.25, -0.2) is 0 Å². The molecule has 5 nitrogen and oxygen atoms in total. The molecule has 1 rings (SSSR count). The summed E-state index contributed by atoms with van der Waals surface area (Å²) in [5.74, 6) is -1.59. The van der Waals surface area contributed by atoms with Crippen LogP contribution in [0.5, 0.6) is 5.75 Å². The number of esters is 1. The average Bonchev–Trinajstić information content (AvgIpc) is 2.17. The largest absolute Gasteiger partial charge is 0.426 e. The third kappa shape index (κ3) is 2.73. The van der Waals surface area contributed by atoms with Gasteiger partial charge in [-0.15, -0.1) is 0 Å². The lowest BCUT2D eigenvalue weighted by Crippen LogP contribution is -2.05. The Morgan fingerprint density at radius 2 is 2.27 bits per heavy atom. The predicted octanol–water partition coefficient (Wildman–Crippen LogP) is 2.05. The van der Waals surface area contributed by atoms with Crippen molar-refractivity contribution in [3.63, 3.8) is 0 Å². The van der Waals surface area contributed by atoms with Crippen LogP contribution >= 0.6 is 0 Å². The molecule has 0 aliphatic rings. The van der Waals surface area contributed by atoms with Crippen LogP contribution in [0.25, 0.3) is 0 Å². The van der Waals surface area contributed by atoms with E-state index in [1.807, 2.05) is 0 Å². The van der Waals surface area contributed by atoms with Gasteiger partial charge in [0.05, 0.1) is 4.92 Å². The second-order valence-electron chi connectivity index (χ2n) is 2.70. The monoisotopic (exact) mass is 213 g/mol. The molecule has 80 valence electrons. The number of carbonyl (C=O) groups is 1. The van der Waals surface area contributed by atoms with Gasteiger partial charge in [0, 0.05) is 18.6 Å². The lowest BCUT2D eigenvalue weighted by molar-refractivity contribution is -0.387. The fourth-order valence-corrected chi connectivity index (χ4v) is 0.903. The number of hydrogen-bond acceptors (Lipinski definition) is 4. The van der Waals surface area contributed by atoms with Crippen LogP contribution in [-0.4, -0.2) is 10.9 Å². The molecule has 0 atom stereocenters. The van der Waals surface area contributed by atoms with Crippen LogP contribution in [0.1, 0.15) is 13.3 Å². The molecule has 0 aliphatic carbocycles. The Bertz CT molecular complexity index is 405. The molecule has 0 heterocycles. The number of carbonyl (C=O) groups excluding carboxylic acids is 1. The number of nitrogens with zero attached hydrogens (tertiary/aromatic N) is 1. The Labute approximate surface area is 84.6 Å². The van der Waals surface area contributed by atoms with Gasteiger partial charge in [-0.1, -0.05) is 6.92 Å². The average molecular weight is 213 g/mol. The van der Waals surface area contributed by atoms with Crippen molar-refractivity contribution in [2.45, 2.75) is 13.3 Å². The highest BCUT2D eigenvalue weighted by Gasteiger charge is 2.15. The minimum absolute atomic E-state index is 0.0371. The molecule has 15 heavy (non-hydrogen) atoms. The molecular weight excluding hydrogens is 205 g/mol. The number of rotatable bonds is 3. The highest BCUT2D eigenvalue weighted by molar-refractivity contribution is 5.72. The summed E-state index contributed by atoms with van der Waals surface area (Å²) in [5.41, 5.74) is -0.647. The van der Waals surface area contributed by atoms with Crippen LogP contribution in [0, 0.1) is 15.9 Å². The molecule has 0 fully saturated rings. The van der Waals surface area contributed by atoms with E-state index in [0.29, 0.717) is 0 Å². The Kier molecular flexibility index (Phi) is 3.33. The first-order chi connectivity index (χ1) is 7.04. The van der Waals surface area contributed by atoms with Gasteiger partial charge >= 0.3 is 11.7 Å². The minimum atomic E-state index is -1.03. The fraction of sp³-hybridized carbons (Fsp3) is 0.222. The Hall–Kier alpha value is -1.98. The standard InChI is InChI=1S/C9H8FNO4/c1-2-9(12)15-6-3-4-8(11(13)14)7(10)5-6/h3-5H,2H2,1H3. The van der Waals surface area contributed by atoms with Gasteiger partial charge in [0.1, 0.15) is 5.75 Å². The van der Waals surface area contributed by atoms with E-state index in [2.05, 4.69) is 4.74 Å². The SMILES string of the molecule is CCC(=O)Oc1ccc([N+](=O)[O-])c(F)c1. The van der Waals surface area contributed by atoms with Crippen molar-refractivity contribution in [3.05, 3.63) is 34.1 Å². The summed E-state index contributed by atoms with van der Waals surface area (Å²) in [4.78, 5) is 20.3. The van der Waals surface area contributed by atoms with E-state index in [0.717, 1.165) is 12.1 Å². The smallest absolute Gasteiger partial charge is 0.310 e. The molecule has 0 saturated carbocycles. The van der Waals surface area contributed by atoms with Crippen molar-refractivity contribution in [3.8, 4) is 5.75 Å². The molecule has 0 N–H and O–H groups in total. The summed E-state index contributed by atoms with van der Waals surface area (Å²) in [7, 11) is 0. The molecule has 1 aromatic carbocycles. The van der Waals surface area contributed by atoms with Gasteiger partial charge in [0.15, 0.2) is 0 Å². The van der Waals surface area contributed by atoms with E-state index >= 15 is 0 Å². The third-order valence-corrected chi connectivity index (χ3v) is 1.64. The van der Waals surface area contributed by atoms with Crippen LogP contribution in [0.15, 0.2) is 18.2 Å². The summed E-state index contributed by atoms with van der Waals surface area (Å²) in [6, 6.07) is 2.94. The first-order valence-corrected chi connectivity index (χ1v) is 4.19. The normalized spacial score (nSPS) is 9.73. The number of nitro groups is 1. The lowest BCUT2D eigenvalue weighted by atomic mass is 10.3. The fourth-order valence-electron chi connectivity index (χ4n) is 0.903. The van der Waals surface area contributed by atoms with Crippen molar-refractivity contribution >= 4 is 11.7 Å². The van der Waals surface area contributed by atoms with Gasteiger partial charge in [-0.3, -0.25) is 14.9 Å². The van der Waals surface area contributed by atoms with E-state index in [1.54, 1.807) is 6.92 Å². The third-order valence-electron chi connectivity index (χ3n) is 1.64. The maximum atomic E-state index is 13.0. The molecule has 0 bridgehead atoms. The molecule has 0 aromatic heterocycles. The highest BCUT2D eigenvalue weighted by Crippen LogP contribution is 2.22. The Morgan fingerprint density at radius 3 is 2.73 bits per heavy atom. The van der Waals surface area contributed by atoms with Gasteiger partial charge < -0.3 is 4.74 Å². The molecule has 0 amide bonds. The maximum absolute atomic E-state index is 13.0. The maximum Gasteiger partial charge on any atom is 0.310 e. The molecule has 0 saturated heterocycles. The Morgan fingerprint density at radius 1 is 1.60 bits per heavy atom. The number of nitro benzene ring substituents is 1. The van der Waals surface area contributed by atoms with E-state index in [9.17, 15) is 19.3 Å². The molecule has 0 radical (unpaired) electrons. The van der Waals surface area contributed by atoms with E-state index < -0.39 is 22.4 Å². The van der Waals surface area contributed by atoms with Gasteiger partial charge in [-0.05, 0) is 6.07 Å². The topological polar surface area (TPSA) is 69.4 Å². The van der Waals surface area contributed by atoms with Gasteiger partial charge in [0.25, 0.3) is 0 Å². The van der Waals surface area contributed by atoms with Crippen LogP contribution in [0.4, 0.5) is 10.1 Å². The second kappa shape index (κ2) is 4.50. The first-order valence-electron chi connectivity index (χ1n) is 4.19. The first kappa shape index (κ1) is 11.1. The second-order valence-corrected chi connectivity index (χ2v) is 2.70. The molecule has 0 aliphatic heterocycles. The summed E-state index contributed by atoms with van der Waals surface area (Å²) >= 11 is 0. The number of halogens is 1. The van der Waals surface area contributed by atoms with Crippen molar-refractivity contribution in [1.29, 1.82) is 0 Å². The summed E-state index contributed by atoms with van der Waals surface area (Å²) in [5, 5.41) is 10.3. The highest BCUT2D eigenvalue weighted by atomic mass is 19.1. The zero-order valence-corrected chi connectivity index (χ0v) is 7.90. The number of ether oxygens (including phenoxy) is 1. The Balaban J connectivity index is 2.91. The van der Waals surface area contributed by atoms with Crippen LogP contribution in [0.2, 0.25) is 0 Å². The summed E-state index contributed by atoms with van der Waals surface area (Å²) in [6.45, 7) is 1.59. The molecule has 0 unspecified atom stereocenters. The van der Waals surface area contributed by atoms with Gasteiger partial charge in [0.2, 0.25) is 5.82 Å². The van der Waals surface area contributed by atoms with Crippen molar-refractivity contribution < 1.29 is 18.8 Å². The van der Waals surface area contributed by atoms with Crippen LogP contribution < -0.4 is 4.74 Å². The lowest BCUT2D eigenvalue weighted by Gasteiger charge is -2.02. The minimum Gasteiger partial charge on any atom is -0.426 e. The number of hydrogen-bond donors (Lipinski definition) is 0. The molecule has 1 aromatic rings. The van der Waals surface area contributed by atoms with Crippen molar-refractivity contribution in [2.24, 2.45) is 0 Å². The number of benzene rings is 1. The van der Waals surface area contributed by atoms with Crippen molar-refractivity contribution in [1.82, 2.24) is 0 Å². The van der Waals surface area contributed by atoms with Gasteiger partial charge in [-0.2, -0.15) is 4.39 Å². The van der Waals surface area contributed by atoms with E-state index in [4.69, 9.17) is 0 Å². The quantitative estimate of drug-likeness (QED) is 0.333. The molecule has 6 heteroatoms. The zero-order valence-electron chi connectivity index (χ0n) is 7.90. The summed E-state index contributed by atoms with van der Waals surface area (Å²) in [6.07, 6.45) is 0.151. The van der Waals surface area contributed by atoms with Crippen LogP contribution in [-0.2, 0) is 4.79 Å². The molecular formula is C9H8FNO4. The van der Waals surface area contributed by atoms with E-state index in [-0.39, 0.29) is 12.2 Å². The predicted molar refractivity (Wildman–Crippen MR) is 49.0 cm³/mol. The summed E-state index contributed by atoms with van der Waals surface area (Å²) < 4.78 is 17.7. The van der Waals surface area contributed by atoms with Crippen molar-refractivity contribution in [2.75, 3.05) is 0 Å².